The lowest BCUT2D eigenvalue weighted by atomic mass is 9.72. The number of carbonyl (C=O) groups is 7. The number of carboxylic acid groups (broad SMARTS) is 1. The molecule has 26 heteroatoms. The van der Waals surface area contributed by atoms with E-state index in [1.165, 1.54) is 56.7 Å². The molecule has 2 amide bonds. The second-order valence-electron chi connectivity index (χ2n) is 19.7. The van der Waals surface area contributed by atoms with Gasteiger partial charge in [-0.25, -0.2) is 4.79 Å². The van der Waals surface area contributed by atoms with E-state index in [1.807, 2.05) is 0 Å². The maximum Gasteiger partial charge on any atom is 0.335 e. The van der Waals surface area contributed by atoms with Crippen molar-refractivity contribution in [2.75, 3.05) is 47.7 Å². The number of aliphatic carboxylic acids is 1. The molecule has 0 aromatic heterocycles. The Morgan fingerprint density at radius 1 is 0.861 bits per heavy atom. The summed E-state index contributed by atoms with van der Waals surface area (Å²) >= 11 is 0. The van der Waals surface area contributed by atoms with E-state index < -0.39 is 145 Å². The maximum atomic E-state index is 14.2. The molecule has 424 valence electrons. The van der Waals surface area contributed by atoms with Gasteiger partial charge < -0.3 is 83.7 Å². The number of Topliss-reactive ketones (excluding diaryl/α,β-unsaturated/α-hetero) is 1. The third kappa shape index (κ3) is 10.9. The lowest BCUT2D eigenvalue weighted by Crippen LogP contribution is -2.61. The number of carboxylic acids is 1. The summed E-state index contributed by atoms with van der Waals surface area (Å²) in [5.74, 6) is -6.84. The Bertz CT molecular complexity index is 2910. The Labute approximate surface area is 449 Å². The summed E-state index contributed by atoms with van der Waals surface area (Å²) in [6.07, 6.45) is -12.4. The number of morpholine rings is 1. The van der Waals surface area contributed by atoms with Crippen molar-refractivity contribution in [1.29, 1.82) is 0 Å². The van der Waals surface area contributed by atoms with E-state index >= 15 is 0 Å². The maximum absolute atomic E-state index is 14.2. The predicted molar refractivity (Wildman–Crippen MR) is 262 cm³/mol. The smallest absolute Gasteiger partial charge is 0.335 e. The molecule has 10 rings (SSSR count). The number of ether oxygens (including phenoxy) is 9. The van der Waals surface area contributed by atoms with Crippen LogP contribution in [0.5, 0.6) is 23.0 Å². The Kier molecular flexibility index (Phi) is 16.7. The van der Waals surface area contributed by atoms with Crippen LogP contribution in [0.1, 0.15) is 80.8 Å². The molecule has 8 N–H and O–H groups in total. The van der Waals surface area contributed by atoms with Crippen molar-refractivity contribution in [1.82, 2.24) is 15.1 Å². The number of hydrogen-bond donors (Lipinski definition) is 8. The number of aromatic hydroxyl groups is 2. The van der Waals surface area contributed by atoms with Crippen LogP contribution in [0, 0.1) is 0 Å². The fourth-order valence-corrected chi connectivity index (χ4v) is 10.9. The fourth-order valence-electron chi connectivity index (χ4n) is 10.9. The summed E-state index contributed by atoms with van der Waals surface area (Å²) in [5, 5.41) is 78.6. The summed E-state index contributed by atoms with van der Waals surface area (Å²) < 4.78 is 51.8. The predicted octanol–water partition coefficient (Wildman–Crippen LogP) is -0.746. The van der Waals surface area contributed by atoms with Crippen LogP contribution < -0.4 is 14.8 Å². The normalized spacial score (nSPS) is 30.8. The van der Waals surface area contributed by atoms with Gasteiger partial charge in [0.1, 0.15) is 53.0 Å². The number of carbonyl (C=O) groups excluding carboxylic acids is 6. The van der Waals surface area contributed by atoms with Crippen LogP contribution in [0.15, 0.2) is 54.6 Å². The van der Waals surface area contributed by atoms with Gasteiger partial charge in [-0.2, -0.15) is 0 Å². The summed E-state index contributed by atoms with van der Waals surface area (Å²) in [7, 11) is 4.50. The third-order valence-corrected chi connectivity index (χ3v) is 14.9. The molecule has 7 aliphatic rings. The Morgan fingerprint density at radius 3 is 2.24 bits per heavy atom. The number of amides is 2. The molecule has 4 fully saturated rings. The van der Waals surface area contributed by atoms with Gasteiger partial charge >= 0.3 is 11.9 Å². The van der Waals surface area contributed by atoms with Crippen molar-refractivity contribution in [3.63, 3.8) is 0 Å². The molecule has 3 aromatic rings. The highest BCUT2D eigenvalue weighted by Crippen LogP contribution is 2.53. The molecular formula is C53H59N3O23. The lowest BCUT2D eigenvalue weighted by Gasteiger charge is -2.43. The summed E-state index contributed by atoms with van der Waals surface area (Å²) in [5.41, 5.74) is -3.51. The molecule has 0 saturated carbocycles. The summed E-state index contributed by atoms with van der Waals surface area (Å²) in [6.45, 7) is 2.01. The van der Waals surface area contributed by atoms with Gasteiger partial charge in [-0.3, -0.25) is 38.6 Å². The third-order valence-electron chi connectivity index (χ3n) is 14.9. The number of phenols is 2. The first-order valence-corrected chi connectivity index (χ1v) is 25.2. The molecular weight excluding hydrogens is 1050 g/mol. The van der Waals surface area contributed by atoms with Gasteiger partial charge in [0.15, 0.2) is 37.3 Å². The molecule has 0 radical (unpaired) electrons. The highest BCUT2D eigenvalue weighted by atomic mass is 16.7. The largest absolute Gasteiger partial charge is 0.507 e. The monoisotopic (exact) mass is 1110 g/mol. The Hall–Kier alpha value is -6.79. The van der Waals surface area contributed by atoms with Gasteiger partial charge in [0.2, 0.25) is 17.9 Å². The first-order chi connectivity index (χ1) is 37.7. The molecule has 3 aromatic carbocycles. The number of fused-ring (bicyclic) bond motifs is 6. The average molecular weight is 1110 g/mol. The topological polar surface area (TPSA) is 363 Å². The van der Waals surface area contributed by atoms with Crippen molar-refractivity contribution in [2.45, 2.75) is 118 Å². The Balaban J connectivity index is 0.000000683. The number of nitrogens with zero attached hydrogens (tertiary/aromatic N) is 2. The molecule has 5 aliphatic heterocycles. The van der Waals surface area contributed by atoms with E-state index in [9.17, 15) is 69.3 Å². The van der Waals surface area contributed by atoms with E-state index in [2.05, 4.69) is 10.2 Å². The van der Waals surface area contributed by atoms with Crippen molar-refractivity contribution < 1.29 is 112 Å². The van der Waals surface area contributed by atoms with Crippen LogP contribution in [0.2, 0.25) is 0 Å². The van der Waals surface area contributed by atoms with Gasteiger partial charge in [-0.1, -0.05) is 24.3 Å². The number of imide groups is 1. The number of phenolic OH excluding ortho intramolecular Hbond substituents is 2. The SMILES string of the molecule is CNCN1C(=O)C=CC1=O.COc1cccc2c1C(=O)c1c(O)c3c(c(O)c1C2=O)C[C@@](O)(C(=O)COC(=O)CCc1ccc(O[C@@H]2O[C@H](C(=O)O)[C@@H](O)[C@H](O)[C@H]2O)cc1)C[C@@H]3O[C@H]1C[C@H]2[C@H](O[C@@H]3[C@@H](OC)OCCN32)[C@H](C)O1. The number of rotatable bonds is 15. The number of aryl methyl sites for hydroxylation is 1. The van der Waals surface area contributed by atoms with Gasteiger partial charge in [0.05, 0.1) is 49.3 Å². The van der Waals surface area contributed by atoms with Gasteiger partial charge in [0, 0.05) is 74.2 Å². The molecule has 79 heavy (non-hydrogen) atoms. The second kappa shape index (κ2) is 23.1. The second-order valence-corrected chi connectivity index (χ2v) is 19.7. The van der Waals surface area contributed by atoms with Crippen molar-refractivity contribution in [3.05, 3.63) is 93.6 Å². The minimum Gasteiger partial charge on any atom is -0.507 e. The van der Waals surface area contributed by atoms with E-state index in [0.29, 0.717) is 18.7 Å². The highest BCUT2D eigenvalue weighted by molar-refractivity contribution is 6.31. The number of nitrogens with one attached hydrogen (secondary N) is 1. The first kappa shape index (κ1) is 56.9. The van der Waals surface area contributed by atoms with Crippen LogP contribution >= 0.6 is 0 Å². The molecule has 0 bridgehead atoms. The van der Waals surface area contributed by atoms with Crippen molar-refractivity contribution in [2.24, 2.45) is 0 Å². The number of esters is 1. The number of aliphatic hydroxyl groups is 4. The quantitative estimate of drug-likeness (QED) is 0.0413. The Morgan fingerprint density at radius 2 is 1.57 bits per heavy atom. The lowest BCUT2D eigenvalue weighted by molar-refractivity contribution is -0.271. The zero-order chi connectivity index (χ0) is 56.8. The number of aliphatic hydroxyl groups excluding tert-OH is 3. The van der Waals surface area contributed by atoms with Gasteiger partial charge in [-0.15, -0.1) is 0 Å². The number of ketones is 3. The summed E-state index contributed by atoms with van der Waals surface area (Å²) in [6, 6.07) is 10.0. The van der Waals surface area contributed by atoms with E-state index in [1.54, 1.807) is 26.1 Å². The van der Waals surface area contributed by atoms with Crippen molar-refractivity contribution in [3.8, 4) is 23.0 Å². The fraction of sp³-hybridized carbons (Fsp3) is 0.491. The molecule has 2 aliphatic carbocycles. The van der Waals surface area contributed by atoms with E-state index in [0.717, 1.165) is 4.90 Å². The standard InChI is InChI=1S/C47H51NO21.C6H8N2O2/c1-19-41-24(48-13-14-63-46(62-3)43(48)68-41)15-29(65-19)67-26-17-47(60,16-23-31(26)37(54)33-32(35(23)52)34(51)22-5-4-6-25(61-2)30(22)36(33)53)27(49)18-64-28(50)12-9-20-7-10-21(11-8-20)66-45-40(57)38(55)39(56)42(69-45)44(58)59;1-7-4-8-5(9)2-3-6(8)10/h4-8,10-11,19,24,26,29,38-43,45-46,52,54-57,60H,9,12-18H2,1-3H3,(H,58,59);2-3,7H,4H2,1H3/t19-,24-,26-,29-,38-,39-,40+,41+,42-,43+,45+,46-,47-;/m0./s1. The van der Waals surface area contributed by atoms with E-state index in [-0.39, 0.29) is 77.5 Å². The molecule has 5 heterocycles. The minimum absolute atomic E-state index is 0.0589. The molecule has 26 nitrogen and oxygen atoms in total. The van der Waals surface area contributed by atoms with Crippen LogP contribution in [-0.2, 0) is 70.0 Å². The number of hydrogen-bond acceptors (Lipinski definition) is 24. The van der Waals surface area contributed by atoms with Gasteiger partial charge in [0.25, 0.3) is 11.8 Å². The molecule has 4 saturated heterocycles. The van der Waals surface area contributed by atoms with E-state index in [4.69, 9.17) is 42.6 Å². The summed E-state index contributed by atoms with van der Waals surface area (Å²) in [4.78, 5) is 91.6. The molecule has 13 atom stereocenters. The van der Waals surface area contributed by atoms with Crippen LogP contribution in [0.25, 0.3) is 0 Å². The zero-order valence-corrected chi connectivity index (χ0v) is 43.0. The van der Waals surface area contributed by atoms with Gasteiger partial charge in [-0.05, 0) is 44.2 Å². The highest BCUT2D eigenvalue weighted by Gasteiger charge is 2.56. The molecule has 0 spiro atoms. The average Bonchev–Trinajstić information content (AvgIpc) is 3.81. The number of methoxy groups -OCH3 is 2. The minimum atomic E-state index is -2.43. The number of benzene rings is 3. The van der Waals surface area contributed by atoms with Crippen LogP contribution in [-0.4, -0.2) is 208 Å². The van der Waals surface area contributed by atoms with Crippen LogP contribution in [0.3, 0.4) is 0 Å². The first-order valence-electron chi connectivity index (χ1n) is 25.2. The van der Waals surface area contributed by atoms with Crippen molar-refractivity contribution >= 4 is 41.1 Å². The zero-order valence-electron chi connectivity index (χ0n) is 43.0. The van der Waals surface area contributed by atoms with Crippen LogP contribution in [0.4, 0.5) is 0 Å². The molecule has 0 unspecified atom stereocenters.